The van der Waals surface area contributed by atoms with Crippen LogP contribution in [0.15, 0.2) is 116 Å². The summed E-state index contributed by atoms with van der Waals surface area (Å²) in [6.45, 7) is 0. The van der Waals surface area contributed by atoms with E-state index >= 15 is 0 Å². The van der Waals surface area contributed by atoms with Crippen LogP contribution >= 0.6 is 0 Å². The van der Waals surface area contributed by atoms with E-state index in [0.717, 1.165) is 55.4 Å². The molecule has 40 heavy (non-hydrogen) atoms. The second-order valence-electron chi connectivity index (χ2n) is 9.22. The van der Waals surface area contributed by atoms with Gasteiger partial charge < -0.3 is 0 Å². The fourth-order valence-corrected chi connectivity index (χ4v) is 4.81. The van der Waals surface area contributed by atoms with Gasteiger partial charge in [-0.25, -0.2) is 19.9 Å². The number of aromatic nitrogens is 6. The summed E-state index contributed by atoms with van der Waals surface area (Å²) in [5, 5.41) is 11.8. The van der Waals surface area contributed by atoms with Crippen molar-refractivity contribution in [3.63, 3.8) is 0 Å². The minimum absolute atomic E-state index is 0.503. The maximum absolute atomic E-state index is 10.0. The van der Waals surface area contributed by atoms with E-state index in [-0.39, 0.29) is 0 Å². The fourth-order valence-electron chi connectivity index (χ4n) is 4.81. The minimum Gasteiger partial charge on any atom is -0.264 e. The molecule has 3 aromatic carbocycles. The van der Waals surface area contributed by atoms with Gasteiger partial charge >= 0.3 is 0 Å². The van der Waals surface area contributed by atoms with Crippen LogP contribution < -0.4 is 0 Å². The van der Waals surface area contributed by atoms with Gasteiger partial charge in [-0.05, 0) is 54.6 Å². The van der Waals surface area contributed by atoms with Crippen molar-refractivity contribution in [3.8, 4) is 51.4 Å². The Morgan fingerprint density at radius 2 is 1.00 bits per heavy atom. The van der Waals surface area contributed by atoms with Crippen LogP contribution in [-0.4, -0.2) is 29.9 Å². The van der Waals surface area contributed by atoms with Gasteiger partial charge in [-0.1, -0.05) is 36.4 Å². The number of hydrogen-bond acceptors (Lipinski definition) is 7. The molecule has 7 rings (SSSR count). The van der Waals surface area contributed by atoms with Crippen molar-refractivity contribution < 1.29 is 0 Å². The van der Waals surface area contributed by atoms with Crippen LogP contribution in [0.4, 0.5) is 0 Å². The van der Waals surface area contributed by atoms with Crippen LogP contribution in [0, 0.1) is 11.3 Å². The van der Waals surface area contributed by atoms with E-state index in [1.807, 2.05) is 91.0 Å². The average Bonchev–Trinajstić information content (AvgIpc) is 3.04. The Hall–Kier alpha value is -5.87. The lowest BCUT2D eigenvalue weighted by Gasteiger charge is -2.13. The molecule has 7 aromatic rings. The van der Waals surface area contributed by atoms with Crippen LogP contribution in [-0.2, 0) is 0 Å². The summed E-state index contributed by atoms with van der Waals surface area (Å²) < 4.78 is 0. The van der Waals surface area contributed by atoms with Crippen molar-refractivity contribution in [1.82, 2.24) is 29.9 Å². The zero-order chi connectivity index (χ0) is 26.9. The van der Waals surface area contributed by atoms with Crippen LogP contribution in [0.25, 0.3) is 67.1 Å². The first kappa shape index (κ1) is 23.3. The van der Waals surface area contributed by atoms with Gasteiger partial charge in [-0.3, -0.25) is 9.97 Å². The monoisotopic (exact) mass is 513 g/mol. The van der Waals surface area contributed by atoms with E-state index in [1.54, 1.807) is 24.8 Å². The quantitative estimate of drug-likeness (QED) is 0.252. The molecule has 0 amide bonds. The number of nitriles is 1. The second-order valence-corrected chi connectivity index (χ2v) is 9.22. The number of pyridine rings is 2. The van der Waals surface area contributed by atoms with E-state index < -0.39 is 0 Å². The standard InChI is InChI=1S/C33H19N7/c34-18-21-15-24(30-26-9-1-3-11-28(26)37-32(39-30)22-7-5-13-35-19-22)17-25(16-21)31-27-10-2-4-12-29(27)38-33(40-31)23-8-6-14-36-20-23/h1-17,19-20H. The van der Waals surface area contributed by atoms with Gasteiger partial charge in [-0.2, -0.15) is 5.26 Å². The van der Waals surface area contributed by atoms with Crippen molar-refractivity contribution in [2.45, 2.75) is 0 Å². The third-order valence-electron chi connectivity index (χ3n) is 6.65. The van der Waals surface area contributed by atoms with E-state index in [9.17, 15) is 5.26 Å². The predicted octanol–water partition coefficient (Wildman–Crippen LogP) is 6.90. The summed E-state index contributed by atoms with van der Waals surface area (Å²) in [6, 6.07) is 31.4. The van der Waals surface area contributed by atoms with E-state index in [1.165, 1.54) is 0 Å². The highest BCUT2D eigenvalue weighted by molar-refractivity contribution is 5.97. The summed E-state index contributed by atoms with van der Waals surface area (Å²) in [6.07, 6.45) is 6.94. The Balaban J connectivity index is 1.49. The molecule has 4 aromatic heterocycles. The Bertz CT molecular complexity index is 1930. The normalized spacial score (nSPS) is 11.0. The SMILES string of the molecule is N#Cc1cc(-c2nc(-c3cccnc3)nc3ccccc23)cc(-c2nc(-c3cccnc3)nc3ccccc23)c1. The zero-order valence-corrected chi connectivity index (χ0v) is 21.1. The van der Waals surface area contributed by atoms with Gasteiger partial charge in [0.05, 0.1) is 34.1 Å². The number of rotatable bonds is 4. The molecule has 7 nitrogen and oxygen atoms in total. The fraction of sp³-hybridized carbons (Fsp3) is 0. The predicted molar refractivity (Wildman–Crippen MR) is 155 cm³/mol. The highest BCUT2D eigenvalue weighted by Gasteiger charge is 2.17. The van der Waals surface area contributed by atoms with Crippen LogP contribution in [0.1, 0.15) is 5.56 Å². The van der Waals surface area contributed by atoms with Crippen LogP contribution in [0.3, 0.4) is 0 Å². The zero-order valence-electron chi connectivity index (χ0n) is 21.1. The third kappa shape index (κ3) is 4.20. The molecule has 0 saturated carbocycles. The third-order valence-corrected chi connectivity index (χ3v) is 6.65. The van der Waals surface area contributed by atoms with Gasteiger partial charge in [0.25, 0.3) is 0 Å². The molecule has 0 N–H and O–H groups in total. The first-order chi connectivity index (χ1) is 19.8. The van der Waals surface area contributed by atoms with Crippen molar-refractivity contribution in [2.75, 3.05) is 0 Å². The van der Waals surface area contributed by atoms with Crippen molar-refractivity contribution in [1.29, 1.82) is 5.26 Å². The van der Waals surface area contributed by atoms with E-state index in [2.05, 4.69) is 16.0 Å². The van der Waals surface area contributed by atoms with E-state index in [4.69, 9.17) is 19.9 Å². The summed E-state index contributed by atoms with van der Waals surface area (Å²) >= 11 is 0. The number of fused-ring (bicyclic) bond motifs is 2. The smallest absolute Gasteiger partial charge is 0.161 e. The molecule has 0 unspecified atom stereocenters. The van der Waals surface area contributed by atoms with Gasteiger partial charge in [0.2, 0.25) is 0 Å². The molecule has 0 atom stereocenters. The lowest BCUT2D eigenvalue weighted by molar-refractivity contribution is 1.20. The molecule has 0 aliphatic carbocycles. The summed E-state index contributed by atoms with van der Waals surface area (Å²) in [5.74, 6) is 1.13. The maximum Gasteiger partial charge on any atom is 0.161 e. The molecule has 4 heterocycles. The number of para-hydroxylation sites is 2. The van der Waals surface area contributed by atoms with Gasteiger partial charge in [0.15, 0.2) is 11.6 Å². The molecule has 0 aliphatic rings. The number of hydrogen-bond donors (Lipinski definition) is 0. The molecule has 0 fully saturated rings. The minimum atomic E-state index is 0.503. The number of benzene rings is 3. The molecular formula is C33H19N7. The summed E-state index contributed by atoms with van der Waals surface area (Å²) in [5.41, 5.74) is 6.80. The molecule has 0 bridgehead atoms. The van der Waals surface area contributed by atoms with E-state index in [0.29, 0.717) is 17.2 Å². The van der Waals surface area contributed by atoms with Gasteiger partial charge in [-0.15, -0.1) is 0 Å². The second kappa shape index (κ2) is 9.78. The molecular weight excluding hydrogens is 494 g/mol. The summed E-state index contributed by atoms with van der Waals surface area (Å²) in [7, 11) is 0. The molecule has 0 saturated heterocycles. The molecule has 0 radical (unpaired) electrons. The Morgan fingerprint density at radius 3 is 1.45 bits per heavy atom. The summed E-state index contributed by atoms with van der Waals surface area (Å²) in [4.78, 5) is 28.0. The van der Waals surface area contributed by atoms with Crippen molar-refractivity contribution in [2.24, 2.45) is 0 Å². The Morgan fingerprint density at radius 1 is 0.500 bits per heavy atom. The van der Waals surface area contributed by atoms with Gasteiger partial charge in [0, 0.05) is 57.8 Å². The molecule has 7 heteroatoms. The largest absolute Gasteiger partial charge is 0.264 e. The first-order valence-corrected chi connectivity index (χ1v) is 12.7. The highest BCUT2D eigenvalue weighted by atomic mass is 14.9. The van der Waals surface area contributed by atoms with Crippen molar-refractivity contribution >= 4 is 21.8 Å². The van der Waals surface area contributed by atoms with Gasteiger partial charge in [0.1, 0.15) is 0 Å². The maximum atomic E-state index is 10.0. The number of nitrogens with zero attached hydrogens (tertiary/aromatic N) is 7. The Labute approximate surface area is 229 Å². The first-order valence-electron chi connectivity index (χ1n) is 12.7. The Kier molecular flexibility index (Phi) is 5.69. The topological polar surface area (TPSA) is 101 Å². The molecule has 0 spiro atoms. The lowest BCUT2D eigenvalue weighted by Crippen LogP contribution is -1.98. The molecule has 186 valence electrons. The molecule has 0 aliphatic heterocycles. The average molecular weight is 514 g/mol. The highest BCUT2D eigenvalue weighted by Crippen LogP contribution is 2.35. The van der Waals surface area contributed by atoms with Crippen LogP contribution in [0.2, 0.25) is 0 Å². The van der Waals surface area contributed by atoms with Crippen LogP contribution in [0.5, 0.6) is 0 Å². The van der Waals surface area contributed by atoms with Crippen molar-refractivity contribution in [3.05, 3.63) is 121 Å². The lowest BCUT2D eigenvalue weighted by atomic mass is 9.97.